The van der Waals surface area contributed by atoms with Crippen LogP contribution in [0.3, 0.4) is 0 Å². The number of rotatable bonds is 2. The molecule has 0 heterocycles. The summed E-state index contributed by atoms with van der Waals surface area (Å²) in [4.78, 5) is 11.1. The zero-order valence-corrected chi connectivity index (χ0v) is 6.42. The van der Waals surface area contributed by atoms with Crippen molar-refractivity contribution in [2.24, 2.45) is 11.8 Å². The van der Waals surface area contributed by atoms with E-state index in [2.05, 4.69) is 5.92 Å². The Balaban J connectivity index is 2.46. The summed E-state index contributed by atoms with van der Waals surface area (Å²) in [5.74, 6) is 2.90. The molecule has 1 aliphatic rings. The van der Waals surface area contributed by atoms with E-state index in [1.165, 1.54) is 0 Å². The van der Waals surface area contributed by atoms with Crippen molar-refractivity contribution in [3.8, 4) is 12.3 Å². The van der Waals surface area contributed by atoms with E-state index in [1.807, 2.05) is 0 Å². The van der Waals surface area contributed by atoms with Gasteiger partial charge in [0.25, 0.3) is 0 Å². The molecule has 0 aliphatic heterocycles. The molecule has 0 aromatic carbocycles. The van der Waals surface area contributed by atoms with Crippen molar-refractivity contribution >= 4 is 5.78 Å². The lowest BCUT2D eigenvalue weighted by molar-refractivity contribution is -0.120. The first kappa shape index (κ1) is 8.29. The van der Waals surface area contributed by atoms with Gasteiger partial charge >= 0.3 is 0 Å². The normalized spacial score (nSPS) is 30.4. The van der Waals surface area contributed by atoms with E-state index in [-0.39, 0.29) is 24.2 Å². The smallest absolute Gasteiger partial charge is 0.137 e. The summed E-state index contributed by atoms with van der Waals surface area (Å²) in [7, 11) is 0. The fourth-order valence-electron chi connectivity index (χ4n) is 1.55. The van der Waals surface area contributed by atoms with Crippen LogP contribution in [-0.4, -0.2) is 17.5 Å². The molecule has 0 aromatic heterocycles. The molecule has 0 bridgehead atoms. The summed E-state index contributed by atoms with van der Waals surface area (Å²) in [5.41, 5.74) is 0. The van der Waals surface area contributed by atoms with Gasteiger partial charge in [-0.25, -0.2) is 0 Å². The third-order valence-electron chi connectivity index (χ3n) is 2.19. The van der Waals surface area contributed by atoms with Gasteiger partial charge in [0.05, 0.1) is 0 Å². The SMILES string of the molecule is C#CC[C@H]1C[C@@H](CO)CC1=O. The van der Waals surface area contributed by atoms with Gasteiger partial charge in [-0.1, -0.05) is 0 Å². The van der Waals surface area contributed by atoms with Crippen molar-refractivity contribution in [1.82, 2.24) is 0 Å². The lowest BCUT2D eigenvalue weighted by Crippen LogP contribution is -2.03. The lowest BCUT2D eigenvalue weighted by atomic mass is 10.0. The first-order valence-corrected chi connectivity index (χ1v) is 3.85. The van der Waals surface area contributed by atoms with Crippen LogP contribution >= 0.6 is 0 Å². The molecule has 1 aliphatic carbocycles. The highest BCUT2D eigenvalue weighted by Gasteiger charge is 2.30. The van der Waals surface area contributed by atoms with Gasteiger partial charge in [0.2, 0.25) is 0 Å². The van der Waals surface area contributed by atoms with Crippen LogP contribution in [0.25, 0.3) is 0 Å². The van der Waals surface area contributed by atoms with E-state index < -0.39 is 0 Å². The summed E-state index contributed by atoms with van der Waals surface area (Å²) >= 11 is 0. The molecule has 0 saturated heterocycles. The van der Waals surface area contributed by atoms with E-state index in [4.69, 9.17) is 11.5 Å². The fraction of sp³-hybridized carbons (Fsp3) is 0.667. The molecule has 1 rings (SSSR count). The van der Waals surface area contributed by atoms with Crippen LogP contribution in [-0.2, 0) is 4.79 Å². The summed E-state index contributed by atoms with van der Waals surface area (Å²) in [6.45, 7) is 0.118. The number of aliphatic hydroxyl groups is 1. The lowest BCUT2D eigenvalue weighted by Gasteiger charge is -2.02. The number of hydrogen-bond acceptors (Lipinski definition) is 2. The van der Waals surface area contributed by atoms with E-state index in [9.17, 15) is 4.79 Å². The van der Waals surface area contributed by atoms with E-state index in [0.717, 1.165) is 6.42 Å². The molecule has 2 nitrogen and oxygen atoms in total. The maximum Gasteiger partial charge on any atom is 0.137 e. The predicted molar refractivity (Wildman–Crippen MR) is 41.8 cm³/mol. The van der Waals surface area contributed by atoms with Crippen LogP contribution in [0.1, 0.15) is 19.3 Å². The highest BCUT2D eigenvalue weighted by atomic mass is 16.3. The maximum absolute atomic E-state index is 11.1. The van der Waals surface area contributed by atoms with Gasteiger partial charge in [-0.05, 0) is 12.3 Å². The summed E-state index contributed by atoms with van der Waals surface area (Å²) in [6.07, 6.45) is 6.92. The molecule has 0 aromatic rings. The van der Waals surface area contributed by atoms with Crippen LogP contribution in [0.4, 0.5) is 0 Å². The minimum atomic E-state index is 0.0251. The molecule has 1 N–H and O–H groups in total. The third-order valence-corrected chi connectivity index (χ3v) is 2.19. The molecule has 1 fully saturated rings. The molecule has 2 heteroatoms. The molecule has 0 amide bonds. The Morgan fingerprint density at radius 3 is 2.91 bits per heavy atom. The van der Waals surface area contributed by atoms with Crippen LogP contribution < -0.4 is 0 Å². The largest absolute Gasteiger partial charge is 0.396 e. The van der Waals surface area contributed by atoms with Crippen molar-refractivity contribution in [3.05, 3.63) is 0 Å². The maximum atomic E-state index is 11.1. The van der Waals surface area contributed by atoms with Gasteiger partial charge < -0.3 is 5.11 Å². The molecule has 1 saturated carbocycles. The van der Waals surface area contributed by atoms with Gasteiger partial charge in [-0.15, -0.1) is 12.3 Å². The molecular formula is C9H12O2. The van der Waals surface area contributed by atoms with Gasteiger partial charge in [0.15, 0.2) is 0 Å². The third kappa shape index (κ3) is 1.81. The Bertz CT molecular complexity index is 190. The minimum Gasteiger partial charge on any atom is -0.396 e. The number of hydrogen-bond donors (Lipinski definition) is 1. The second-order valence-corrected chi connectivity index (χ2v) is 3.06. The van der Waals surface area contributed by atoms with Crippen LogP contribution in [0, 0.1) is 24.2 Å². The molecule has 11 heavy (non-hydrogen) atoms. The Morgan fingerprint density at radius 2 is 2.45 bits per heavy atom. The van der Waals surface area contributed by atoms with Crippen molar-refractivity contribution in [3.63, 3.8) is 0 Å². The summed E-state index contributed by atoms with van der Waals surface area (Å²) < 4.78 is 0. The van der Waals surface area contributed by atoms with Crippen molar-refractivity contribution in [1.29, 1.82) is 0 Å². The number of ketones is 1. The first-order chi connectivity index (χ1) is 5.27. The predicted octanol–water partition coefficient (Wildman–Crippen LogP) is 0.597. The topological polar surface area (TPSA) is 37.3 Å². The molecule has 2 atom stereocenters. The standard InChI is InChI=1S/C9H12O2/c1-2-3-8-4-7(6-10)5-9(8)11/h1,7-8,10H,3-6H2/t7-,8+/m1/s1. The van der Waals surface area contributed by atoms with Crippen molar-refractivity contribution in [2.75, 3.05) is 6.61 Å². The molecule has 60 valence electrons. The highest BCUT2D eigenvalue weighted by Crippen LogP contribution is 2.29. The minimum absolute atomic E-state index is 0.0251. The molecule has 0 unspecified atom stereocenters. The monoisotopic (exact) mass is 152 g/mol. The van der Waals surface area contributed by atoms with Gasteiger partial charge in [-0.2, -0.15) is 0 Å². The molecule has 0 radical (unpaired) electrons. The van der Waals surface area contributed by atoms with Crippen molar-refractivity contribution < 1.29 is 9.90 Å². The molecule has 0 spiro atoms. The number of Topliss-reactive ketones (excluding diaryl/α,β-unsaturated/α-hetero) is 1. The zero-order valence-electron chi connectivity index (χ0n) is 6.42. The van der Waals surface area contributed by atoms with Gasteiger partial charge in [-0.3, -0.25) is 4.79 Å². The Morgan fingerprint density at radius 1 is 1.73 bits per heavy atom. The highest BCUT2D eigenvalue weighted by molar-refractivity contribution is 5.83. The number of carbonyl (C=O) groups excluding carboxylic acids is 1. The first-order valence-electron chi connectivity index (χ1n) is 3.85. The van der Waals surface area contributed by atoms with Gasteiger partial charge in [0.1, 0.15) is 5.78 Å². The molecular weight excluding hydrogens is 140 g/mol. The summed E-state index contributed by atoms with van der Waals surface area (Å²) in [6, 6.07) is 0. The van der Waals surface area contributed by atoms with Gasteiger partial charge in [0, 0.05) is 25.4 Å². The average molecular weight is 152 g/mol. The van der Waals surface area contributed by atoms with E-state index >= 15 is 0 Å². The second-order valence-electron chi connectivity index (χ2n) is 3.06. The van der Waals surface area contributed by atoms with Crippen LogP contribution in [0.2, 0.25) is 0 Å². The second kappa shape index (κ2) is 3.54. The fourth-order valence-corrected chi connectivity index (χ4v) is 1.55. The average Bonchev–Trinajstić information content (AvgIpc) is 2.33. The van der Waals surface area contributed by atoms with E-state index in [1.54, 1.807) is 0 Å². The Kier molecular flexibility index (Phi) is 2.67. The van der Waals surface area contributed by atoms with Crippen molar-refractivity contribution in [2.45, 2.75) is 19.3 Å². The number of carbonyl (C=O) groups is 1. The van der Waals surface area contributed by atoms with Crippen LogP contribution in [0.5, 0.6) is 0 Å². The quantitative estimate of drug-likeness (QED) is 0.588. The summed E-state index contributed by atoms with van der Waals surface area (Å²) in [5, 5.41) is 8.77. The number of aliphatic hydroxyl groups excluding tert-OH is 1. The Hall–Kier alpha value is -0.810. The Labute approximate surface area is 66.6 Å². The van der Waals surface area contributed by atoms with E-state index in [0.29, 0.717) is 12.8 Å². The number of terminal acetylenes is 1. The van der Waals surface area contributed by atoms with Crippen LogP contribution in [0.15, 0.2) is 0 Å². The zero-order chi connectivity index (χ0) is 8.27.